The van der Waals surface area contributed by atoms with Gasteiger partial charge in [0.2, 0.25) is 5.91 Å². The van der Waals surface area contributed by atoms with Crippen LogP contribution in [0.4, 0.5) is 4.79 Å². The van der Waals surface area contributed by atoms with E-state index in [1.54, 1.807) is 6.92 Å². The monoisotopic (exact) mass is 465 g/mol. The zero-order chi connectivity index (χ0) is 22.7. The van der Waals surface area contributed by atoms with E-state index in [2.05, 4.69) is 0 Å². The van der Waals surface area contributed by atoms with Crippen molar-refractivity contribution >= 4 is 35.4 Å². The molecule has 0 bridgehead atoms. The first-order valence-electron chi connectivity index (χ1n) is 9.83. The van der Waals surface area contributed by atoms with Crippen LogP contribution in [0.3, 0.4) is 0 Å². The molecular formula is C20H32ClNO7S. The Morgan fingerprint density at radius 2 is 2.03 bits per heavy atom. The van der Waals surface area contributed by atoms with Gasteiger partial charge in [-0.2, -0.15) is 11.8 Å². The smallest absolute Gasteiger partial charge is 0.414 e. The van der Waals surface area contributed by atoms with E-state index in [0.29, 0.717) is 6.42 Å². The first-order chi connectivity index (χ1) is 14.0. The normalized spacial score (nSPS) is 37.9. The van der Waals surface area contributed by atoms with E-state index in [1.165, 1.54) is 18.9 Å². The van der Waals surface area contributed by atoms with Crippen LogP contribution in [0.5, 0.6) is 0 Å². The molecule has 0 radical (unpaired) electrons. The van der Waals surface area contributed by atoms with Crippen LogP contribution in [-0.4, -0.2) is 82.3 Å². The van der Waals surface area contributed by atoms with Crippen molar-refractivity contribution in [1.29, 1.82) is 0 Å². The van der Waals surface area contributed by atoms with E-state index in [9.17, 15) is 19.8 Å². The molecule has 1 aliphatic carbocycles. The number of imide groups is 1. The lowest BCUT2D eigenvalue weighted by molar-refractivity contribution is -0.271. The highest BCUT2D eigenvalue weighted by Gasteiger charge is 2.77. The predicted octanol–water partition coefficient (Wildman–Crippen LogP) is 1.99. The second-order valence-electron chi connectivity index (χ2n) is 8.28. The third-order valence-electron chi connectivity index (χ3n) is 6.00. The molecule has 1 heterocycles. The van der Waals surface area contributed by atoms with E-state index in [0.717, 1.165) is 5.57 Å². The molecule has 6 atom stereocenters. The summed E-state index contributed by atoms with van der Waals surface area (Å²) in [5, 5.41) is 25.5. The van der Waals surface area contributed by atoms with Gasteiger partial charge in [0.15, 0.2) is 5.60 Å². The number of nitrogens with one attached hydrogen (secondary N) is 1. The van der Waals surface area contributed by atoms with Gasteiger partial charge in [0.05, 0.1) is 6.10 Å². The fourth-order valence-electron chi connectivity index (χ4n) is 4.39. The van der Waals surface area contributed by atoms with Gasteiger partial charge in [-0.05, 0) is 46.3 Å². The number of aliphatic hydroxyl groups is 2. The number of halogens is 1. The molecule has 5 unspecified atom stereocenters. The van der Waals surface area contributed by atoms with Gasteiger partial charge in [-0.15, -0.1) is 11.6 Å². The number of alkyl carbamates (subject to hydrolysis) is 1. The zero-order valence-electron chi connectivity index (χ0n) is 18.1. The van der Waals surface area contributed by atoms with Crippen LogP contribution >= 0.6 is 23.4 Å². The van der Waals surface area contributed by atoms with Crippen molar-refractivity contribution in [2.24, 2.45) is 0 Å². The third-order valence-corrected chi connectivity index (χ3v) is 7.01. The molecule has 30 heavy (non-hydrogen) atoms. The quantitative estimate of drug-likeness (QED) is 0.283. The third kappa shape index (κ3) is 4.66. The Hall–Kier alpha value is -0.840. The van der Waals surface area contributed by atoms with Gasteiger partial charge >= 0.3 is 6.09 Å². The van der Waals surface area contributed by atoms with E-state index >= 15 is 0 Å². The van der Waals surface area contributed by atoms with Crippen LogP contribution in [-0.2, 0) is 19.0 Å². The van der Waals surface area contributed by atoms with Crippen LogP contribution in [0.15, 0.2) is 11.6 Å². The number of thioether (sulfide) groups is 1. The minimum Gasteiger partial charge on any atom is -0.443 e. The molecule has 0 aromatic carbocycles. The molecule has 1 aliphatic heterocycles. The fraction of sp³-hybridized carbons (Fsp3) is 0.800. The standard InChI is InChI=1S/C20H32ClNO7S/c1-12(2)6-7-14-18(3,29-14)20(26)16(27-4)13(8-9-19(20,25)11-30-5)28-17(24)22-15(23)10-21/h6,13-14,16,25-26H,7-11H2,1-5H3,(H,22,23,24)/t13?,14?,16?,18?,19-,20?/m0/s1. The van der Waals surface area contributed by atoms with Gasteiger partial charge in [-0.3, -0.25) is 10.1 Å². The summed E-state index contributed by atoms with van der Waals surface area (Å²) in [5.74, 6) is -0.829. The topological polar surface area (TPSA) is 118 Å². The molecule has 0 aromatic heterocycles. The maximum atomic E-state index is 12.1. The summed E-state index contributed by atoms with van der Waals surface area (Å²) in [6, 6.07) is 0. The highest BCUT2D eigenvalue weighted by atomic mass is 35.5. The molecule has 0 aromatic rings. The maximum Gasteiger partial charge on any atom is 0.414 e. The van der Waals surface area contributed by atoms with E-state index in [1.807, 2.05) is 31.5 Å². The summed E-state index contributed by atoms with van der Waals surface area (Å²) in [6.45, 7) is 5.69. The van der Waals surface area contributed by atoms with Crippen molar-refractivity contribution in [1.82, 2.24) is 5.32 Å². The molecule has 1 saturated carbocycles. The second kappa shape index (κ2) is 9.75. The molecule has 8 nitrogen and oxygen atoms in total. The van der Waals surface area contributed by atoms with Crippen molar-refractivity contribution in [2.45, 2.75) is 75.1 Å². The molecular weight excluding hydrogens is 434 g/mol. The first kappa shape index (κ1) is 25.4. The SMILES string of the molecule is COC1C(OC(=O)NC(=O)CCl)CC[C@](O)(CSC)C1(O)C1(C)OC1CC=C(C)C. The molecule has 3 N–H and O–H groups in total. The van der Waals surface area contributed by atoms with E-state index in [-0.39, 0.29) is 30.6 Å². The lowest BCUT2D eigenvalue weighted by Crippen LogP contribution is -2.75. The highest BCUT2D eigenvalue weighted by Crippen LogP contribution is 2.57. The van der Waals surface area contributed by atoms with Gasteiger partial charge in [0.25, 0.3) is 0 Å². The van der Waals surface area contributed by atoms with Crippen LogP contribution in [0, 0.1) is 0 Å². The Balaban J connectivity index is 2.34. The van der Waals surface area contributed by atoms with Crippen molar-refractivity contribution in [2.75, 3.05) is 25.0 Å². The summed E-state index contributed by atoms with van der Waals surface area (Å²) in [4.78, 5) is 23.5. The minimum atomic E-state index is -1.85. The summed E-state index contributed by atoms with van der Waals surface area (Å²) < 4.78 is 16.9. The minimum absolute atomic E-state index is 0.167. The van der Waals surface area contributed by atoms with Crippen LogP contribution in [0.25, 0.3) is 0 Å². The van der Waals surface area contributed by atoms with Crippen molar-refractivity contribution in [3.05, 3.63) is 11.6 Å². The molecule has 10 heteroatoms. The number of allylic oxidation sites excluding steroid dienone is 1. The Morgan fingerprint density at radius 1 is 1.37 bits per heavy atom. The molecule has 0 spiro atoms. The summed E-state index contributed by atoms with van der Waals surface area (Å²) >= 11 is 6.81. The Bertz CT molecular complexity index is 688. The molecule has 2 aliphatic rings. The van der Waals surface area contributed by atoms with Crippen LogP contribution in [0.1, 0.15) is 40.0 Å². The van der Waals surface area contributed by atoms with Gasteiger partial charge in [0.1, 0.15) is 29.3 Å². The van der Waals surface area contributed by atoms with Gasteiger partial charge < -0.3 is 24.4 Å². The van der Waals surface area contributed by atoms with Gasteiger partial charge in [-0.25, -0.2) is 4.79 Å². The van der Waals surface area contributed by atoms with Crippen LogP contribution in [0.2, 0.25) is 0 Å². The van der Waals surface area contributed by atoms with Crippen LogP contribution < -0.4 is 5.32 Å². The summed E-state index contributed by atoms with van der Waals surface area (Å²) in [6.07, 6.45) is 1.57. The Morgan fingerprint density at radius 3 is 2.57 bits per heavy atom. The molecule has 2 rings (SSSR count). The number of rotatable bonds is 8. The predicted molar refractivity (Wildman–Crippen MR) is 115 cm³/mol. The largest absolute Gasteiger partial charge is 0.443 e. The zero-order valence-corrected chi connectivity index (χ0v) is 19.6. The number of methoxy groups -OCH3 is 1. The van der Waals surface area contributed by atoms with Crippen molar-refractivity contribution in [3.8, 4) is 0 Å². The number of carbonyl (C=O) groups is 2. The number of ether oxygens (including phenoxy) is 3. The molecule has 2 amide bonds. The highest BCUT2D eigenvalue weighted by molar-refractivity contribution is 7.98. The molecule has 172 valence electrons. The molecule has 1 saturated heterocycles. The Kier molecular flexibility index (Phi) is 8.26. The number of carbonyl (C=O) groups excluding carboxylic acids is 2. The first-order valence-corrected chi connectivity index (χ1v) is 11.8. The van der Waals surface area contributed by atoms with Crippen molar-refractivity contribution in [3.63, 3.8) is 0 Å². The number of epoxide rings is 1. The number of hydrogen-bond acceptors (Lipinski definition) is 8. The van der Waals surface area contributed by atoms with Gasteiger partial charge in [0, 0.05) is 12.9 Å². The van der Waals surface area contributed by atoms with E-state index < -0.39 is 41.0 Å². The lowest BCUT2D eigenvalue weighted by Gasteiger charge is -2.54. The average molecular weight is 466 g/mol. The van der Waals surface area contributed by atoms with Gasteiger partial charge in [-0.1, -0.05) is 11.6 Å². The number of amides is 2. The van der Waals surface area contributed by atoms with E-state index in [4.69, 9.17) is 25.8 Å². The average Bonchev–Trinajstić information content (AvgIpc) is 3.35. The number of alkyl halides is 1. The summed E-state index contributed by atoms with van der Waals surface area (Å²) in [5.41, 5.74) is -3.36. The fourth-order valence-corrected chi connectivity index (χ4v) is 5.30. The molecule has 2 fully saturated rings. The number of hydrogen-bond donors (Lipinski definition) is 3. The second-order valence-corrected chi connectivity index (χ2v) is 9.42. The Labute approximate surface area is 186 Å². The van der Waals surface area contributed by atoms with Crippen molar-refractivity contribution < 1.29 is 34.0 Å². The maximum absolute atomic E-state index is 12.1. The lowest BCUT2D eigenvalue weighted by atomic mass is 9.62. The summed E-state index contributed by atoms with van der Waals surface area (Å²) in [7, 11) is 1.38.